The first-order valence-corrected chi connectivity index (χ1v) is 6.37. The summed E-state index contributed by atoms with van der Waals surface area (Å²) in [6.07, 6.45) is 0. The van der Waals surface area contributed by atoms with Crippen LogP contribution in [0.2, 0.25) is 0 Å². The maximum Gasteiger partial charge on any atom is 0.326 e. The van der Waals surface area contributed by atoms with Crippen molar-refractivity contribution in [2.75, 3.05) is 6.54 Å². The minimum atomic E-state index is -1.15. The van der Waals surface area contributed by atoms with E-state index in [1.807, 2.05) is 0 Å². The Balaban J connectivity index is 2.55. The molecule has 2 amide bonds. The monoisotopic (exact) mass is 296 g/mol. The van der Waals surface area contributed by atoms with Gasteiger partial charge in [0, 0.05) is 0 Å². The van der Waals surface area contributed by atoms with Gasteiger partial charge in [-0.25, -0.2) is 9.18 Å². The molecular formula is C14H17FN2O4. The van der Waals surface area contributed by atoms with Crippen LogP contribution >= 0.6 is 0 Å². The molecule has 0 aliphatic carbocycles. The van der Waals surface area contributed by atoms with E-state index in [0.29, 0.717) is 0 Å². The molecular weight excluding hydrogens is 279 g/mol. The summed E-state index contributed by atoms with van der Waals surface area (Å²) in [4.78, 5) is 34.2. The van der Waals surface area contributed by atoms with E-state index in [9.17, 15) is 18.8 Å². The van der Waals surface area contributed by atoms with Crippen LogP contribution in [0.4, 0.5) is 4.39 Å². The maximum absolute atomic E-state index is 13.3. The molecule has 0 bridgehead atoms. The first-order chi connectivity index (χ1) is 9.82. The van der Waals surface area contributed by atoms with Crippen molar-refractivity contribution in [3.63, 3.8) is 0 Å². The molecule has 1 unspecified atom stereocenters. The van der Waals surface area contributed by atoms with Crippen LogP contribution in [-0.2, 0) is 9.59 Å². The lowest BCUT2D eigenvalue weighted by Gasteiger charge is -2.18. The van der Waals surface area contributed by atoms with Crippen molar-refractivity contribution in [1.29, 1.82) is 0 Å². The highest BCUT2D eigenvalue weighted by Gasteiger charge is 2.23. The van der Waals surface area contributed by atoms with Gasteiger partial charge in [-0.15, -0.1) is 0 Å². The van der Waals surface area contributed by atoms with Gasteiger partial charge in [0.1, 0.15) is 11.9 Å². The average molecular weight is 296 g/mol. The Morgan fingerprint density at radius 1 is 1.24 bits per heavy atom. The Morgan fingerprint density at radius 2 is 1.86 bits per heavy atom. The van der Waals surface area contributed by atoms with Crippen molar-refractivity contribution < 1.29 is 23.9 Å². The van der Waals surface area contributed by atoms with Gasteiger partial charge in [0.2, 0.25) is 5.91 Å². The predicted molar refractivity (Wildman–Crippen MR) is 73.1 cm³/mol. The summed E-state index contributed by atoms with van der Waals surface area (Å²) < 4.78 is 13.3. The smallest absolute Gasteiger partial charge is 0.326 e. The lowest BCUT2D eigenvalue weighted by molar-refractivity contribution is -0.142. The summed E-state index contributed by atoms with van der Waals surface area (Å²) in [5.41, 5.74) is -0.177. The van der Waals surface area contributed by atoms with Gasteiger partial charge in [-0.2, -0.15) is 0 Å². The van der Waals surface area contributed by atoms with Gasteiger partial charge >= 0.3 is 5.97 Å². The van der Waals surface area contributed by atoms with Crippen LogP contribution < -0.4 is 10.6 Å². The van der Waals surface area contributed by atoms with E-state index in [4.69, 9.17) is 5.11 Å². The third-order valence-electron chi connectivity index (χ3n) is 2.78. The molecule has 0 spiro atoms. The summed E-state index contributed by atoms with van der Waals surface area (Å²) in [5, 5.41) is 13.5. The number of rotatable bonds is 6. The molecule has 6 nitrogen and oxygen atoms in total. The lowest BCUT2D eigenvalue weighted by atomic mass is 10.1. The molecule has 0 radical (unpaired) electrons. The Morgan fingerprint density at radius 3 is 2.38 bits per heavy atom. The highest BCUT2D eigenvalue weighted by Crippen LogP contribution is 2.05. The molecule has 21 heavy (non-hydrogen) atoms. The molecule has 7 heteroatoms. The molecule has 1 aromatic carbocycles. The fraction of sp³-hybridized carbons (Fsp3) is 0.357. The second-order valence-corrected chi connectivity index (χ2v) is 4.79. The third-order valence-corrected chi connectivity index (χ3v) is 2.78. The first kappa shape index (κ1) is 16.6. The van der Waals surface area contributed by atoms with E-state index < -0.39 is 36.2 Å². The number of carboxylic acids is 1. The average Bonchev–Trinajstić information content (AvgIpc) is 2.42. The minimum absolute atomic E-state index is 0.177. The number of nitrogens with one attached hydrogen (secondary N) is 2. The SMILES string of the molecule is CC(C)C(NC(=O)CNC(=O)c1ccccc1F)C(=O)O. The molecule has 0 aliphatic rings. The van der Waals surface area contributed by atoms with Crippen molar-refractivity contribution in [1.82, 2.24) is 10.6 Å². The number of halogens is 1. The van der Waals surface area contributed by atoms with Gasteiger partial charge in [-0.1, -0.05) is 26.0 Å². The van der Waals surface area contributed by atoms with E-state index in [0.717, 1.165) is 6.07 Å². The van der Waals surface area contributed by atoms with Crippen molar-refractivity contribution in [2.45, 2.75) is 19.9 Å². The summed E-state index contributed by atoms with van der Waals surface area (Å²) in [7, 11) is 0. The predicted octanol–water partition coefficient (Wildman–Crippen LogP) is 0.781. The van der Waals surface area contributed by atoms with Gasteiger partial charge in [0.25, 0.3) is 5.91 Å². The molecule has 1 atom stereocenters. The Labute approximate surface area is 121 Å². The minimum Gasteiger partial charge on any atom is -0.480 e. The van der Waals surface area contributed by atoms with E-state index in [-0.39, 0.29) is 11.5 Å². The summed E-state index contributed by atoms with van der Waals surface area (Å²) in [5.74, 6) is -3.53. The normalized spacial score (nSPS) is 11.8. The first-order valence-electron chi connectivity index (χ1n) is 6.37. The zero-order chi connectivity index (χ0) is 16.0. The van der Waals surface area contributed by atoms with E-state index in [1.54, 1.807) is 13.8 Å². The molecule has 1 rings (SSSR count). The largest absolute Gasteiger partial charge is 0.480 e. The van der Waals surface area contributed by atoms with Crippen LogP contribution in [0.25, 0.3) is 0 Å². The van der Waals surface area contributed by atoms with Crippen LogP contribution in [-0.4, -0.2) is 35.5 Å². The molecule has 0 aliphatic heterocycles. The van der Waals surface area contributed by atoms with E-state index in [1.165, 1.54) is 18.2 Å². The van der Waals surface area contributed by atoms with Crippen LogP contribution in [0.15, 0.2) is 24.3 Å². The van der Waals surface area contributed by atoms with Gasteiger partial charge in [-0.05, 0) is 18.1 Å². The van der Waals surface area contributed by atoms with Crippen LogP contribution in [0, 0.1) is 11.7 Å². The maximum atomic E-state index is 13.3. The second-order valence-electron chi connectivity index (χ2n) is 4.79. The molecule has 0 saturated heterocycles. The van der Waals surface area contributed by atoms with Crippen molar-refractivity contribution in [3.8, 4) is 0 Å². The number of carboxylic acid groups (broad SMARTS) is 1. The molecule has 0 saturated carbocycles. The molecule has 114 valence electrons. The zero-order valence-corrected chi connectivity index (χ0v) is 11.7. The Bertz CT molecular complexity index is 546. The fourth-order valence-electron chi connectivity index (χ4n) is 1.64. The number of amides is 2. The molecule has 3 N–H and O–H groups in total. The van der Waals surface area contributed by atoms with Crippen LogP contribution in [0.3, 0.4) is 0 Å². The topological polar surface area (TPSA) is 95.5 Å². The third kappa shape index (κ3) is 4.87. The number of hydrogen-bond donors (Lipinski definition) is 3. The standard InChI is InChI=1S/C14H17FN2O4/c1-8(2)12(14(20)21)17-11(18)7-16-13(19)9-5-3-4-6-10(9)15/h3-6,8,12H,7H2,1-2H3,(H,16,19)(H,17,18)(H,20,21). The zero-order valence-electron chi connectivity index (χ0n) is 11.7. The molecule has 1 aromatic rings. The van der Waals surface area contributed by atoms with Crippen LogP contribution in [0.5, 0.6) is 0 Å². The lowest BCUT2D eigenvalue weighted by Crippen LogP contribution is -2.48. The highest BCUT2D eigenvalue weighted by molar-refractivity contribution is 5.97. The summed E-state index contributed by atoms with van der Waals surface area (Å²) in [6.45, 7) is 2.87. The number of carbonyl (C=O) groups excluding carboxylic acids is 2. The fourth-order valence-corrected chi connectivity index (χ4v) is 1.64. The van der Waals surface area contributed by atoms with Gasteiger partial charge < -0.3 is 15.7 Å². The molecule has 0 fully saturated rings. The van der Waals surface area contributed by atoms with Crippen molar-refractivity contribution in [3.05, 3.63) is 35.6 Å². The van der Waals surface area contributed by atoms with Crippen molar-refractivity contribution in [2.24, 2.45) is 5.92 Å². The Kier molecular flexibility index (Phi) is 5.83. The quantitative estimate of drug-likeness (QED) is 0.723. The van der Waals surface area contributed by atoms with E-state index in [2.05, 4.69) is 10.6 Å². The Hall–Kier alpha value is -2.44. The van der Waals surface area contributed by atoms with E-state index >= 15 is 0 Å². The van der Waals surface area contributed by atoms with Gasteiger partial charge in [-0.3, -0.25) is 9.59 Å². The number of benzene rings is 1. The summed E-state index contributed by atoms with van der Waals surface area (Å²) >= 11 is 0. The number of carbonyl (C=O) groups is 3. The molecule has 0 heterocycles. The molecule has 0 aromatic heterocycles. The van der Waals surface area contributed by atoms with Crippen molar-refractivity contribution >= 4 is 17.8 Å². The number of hydrogen-bond acceptors (Lipinski definition) is 3. The van der Waals surface area contributed by atoms with Gasteiger partial charge in [0.05, 0.1) is 12.1 Å². The second kappa shape index (κ2) is 7.37. The highest BCUT2D eigenvalue weighted by atomic mass is 19.1. The summed E-state index contributed by atoms with van der Waals surface area (Å²) in [6, 6.07) is 4.32. The van der Waals surface area contributed by atoms with Crippen LogP contribution in [0.1, 0.15) is 24.2 Å². The van der Waals surface area contributed by atoms with Gasteiger partial charge in [0.15, 0.2) is 0 Å². The number of aliphatic carboxylic acids is 1.